The third-order valence-corrected chi connectivity index (χ3v) is 3.03. The first-order valence-electron chi connectivity index (χ1n) is 4.78. The number of carbonyl (C=O) groups excluding carboxylic acids is 1. The molecule has 0 fully saturated rings. The minimum atomic E-state index is -0.263. The monoisotopic (exact) mass is 236 g/mol. The van der Waals surface area contributed by atoms with Gasteiger partial charge in [0.05, 0.1) is 5.69 Å². The van der Waals surface area contributed by atoms with Crippen molar-refractivity contribution in [1.29, 1.82) is 0 Å². The first-order chi connectivity index (χ1) is 7.58. The Bertz CT molecular complexity index is 590. The van der Waals surface area contributed by atoms with Gasteiger partial charge >= 0.3 is 0 Å². The van der Waals surface area contributed by atoms with Crippen LogP contribution in [0, 0.1) is 6.92 Å². The molecule has 0 aliphatic carbocycles. The lowest BCUT2D eigenvalue weighted by atomic mass is 10.3. The Balaban J connectivity index is 2.42. The van der Waals surface area contributed by atoms with Gasteiger partial charge in [-0.25, -0.2) is 0 Å². The maximum Gasteiger partial charge on any atom is 0.297 e. The number of thiazole rings is 1. The molecule has 84 valence electrons. The largest absolute Gasteiger partial charge is 0.327 e. The van der Waals surface area contributed by atoms with Crippen LogP contribution in [-0.4, -0.2) is 20.3 Å². The number of amides is 1. The molecule has 6 heteroatoms. The van der Waals surface area contributed by atoms with E-state index in [0.717, 1.165) is 5.69 Å². The van der Waals surface area contributed by atoms with E-state index in [1.54, 1.807) is 17.8 Å². The number of carbonyl (C=O) groups is 1. The van der Waals surface area contributed by atoms with Crippen LogP contribution < -0.4 is 4.80 Å². The molecule has 1 amide bonds. The predicted molar refractivity (Wildman–Crippen MR) is 61.1 cm³/mol. The van der Waals surface area contributed by atoms with Gasteiger partial charge in [0.15, 0.2) is 4.80 Å². The summed E-state index contributed by atoms with van der Waals surface area (Å²) in [5.41, 5.74) is 1.32. The van der Waals surface area contributed by atoms with Crippen molar-refractivity contribution in [3.8, 4) is 0 Å². The Morgan fingerprint density at radius 1 is 1.50 bits per heavy atom. The molecule has 0 radical (unpaired) electrons. The van der Waals surface area contributed by atoms with Crippen molar-refractivity contribution in [2.24, 2.45) is 19.1 Å². The molecule has 0 atom stereocenters. The van der Waals surface area contributed by atoms with E-state index in [4.69, 9.17) is 0 Å². The molecule has 0 saturated carbocycles. The quantitative estimate of drug-likeness (QED) is 0.737. The third-order valence-electron chi connectivity index (χ3n) is 2.18. The highest BCUT2D eigenvalue weighted by Crippen LogP contribution is 2.03. The second-order valence-electron chi connectivity index (χ2n) is 3.51. The summed E-state index contributed by atoms with van der Waals surface area (Å²) in [5, 5.41) is 6.01. The highest BCUT2D eigenvalue weighted by atomic mass is 32.1. The van der Waals surface area contributed by atoms with Crippen LogP contribution in [0.2, 0.25) is 0 Å². The first kappa shape index (κ1) is 10.8. The van der Waals surface area contributed by atoms with E-state index in [1.165, 1.54) is 11.3 Å². The first-order valence-corrected chi connectivity index (χ1v) is 5.65. The smallest absolute Gasteiger partial charge is 0.297 e. The molecule has 0 aromatic carbocycles. The average Bonchev–Trinajstić information content (AvgIpc) is 2.74. The van der Waals surface area contributed by atoms with E-state index < -0.39 is 0 Å². The summed E-state index contributed by atoms with van der Waals surface area (Å²) in [5.74, 6) is -0.263. The molecular formula is C10H12N4OS. The molecule has 0 spiro atoms. The van der Waals surface area contributed by atoms with Gasteiger partial charge in [0.1, 0.15) is 5.69 Å². The molecule has 2 rings (SSSR count). The Hall–Kier alpha value is -1.69. The Labute approximate surface area is 96.7 Å². The van der Waals surface area contributed by atoms with Gasteiger partial charge in [-0.05, 0) is 13.0 Å². The number of aromatic nitrogens is 3. The fourth-order valence-electron chi connectivity index (χ4n) is 1.39. The summed E-state index contributed by atoms with van der Waals surface area (Å²) >= 11 is 1.43. The normalized spacial score (nSPS) is 12.1. The Morgan fingerprint density at radius 2 is 2.25 bits per heavy atom. The van der Waals surface area contributed by atoms with Gasteiger partial charge in [0.25, 0.3) is 5.91 Å². The number of aryl methyl sites for hydroxylation is 3. The average molecular weight is 236 g/mol. The van der Waals surface area contributed by atoms with Crippen LogP contribution in [0.3, 0.4) is 0 Å². The zero-order valence-corrected chi connectivity index (χ0v) is 10.2. The highest BCUT2D eigenvalue weighted by Gasteiger charge is 2.10. The fourth-order valence-corrected chi connectivity index (χ4v) is 2.12. The summed E-state index contributed by atoms with van der Waals surface area (Å²) < 4.78 is 3.36. The fraction of sp³-hybridized carbons (Fsp3) is 0.300. The molecule has 2 heterocycles. The molecule has 2 aromatic rings. The lowest BCUT2D eigenvalue weighted by Gasteiger charge is -1.94. The molecule has 0 aliphatic rings. The summed E-state index contributed by atoms with van der Waals surface area (Å²) in [6, 6.07) is 1.74. The van der Waals surface area contributed by atoms with Gasteiger partial charge in [-0.1, -0.05) is 0 Å². The molecule has 0 unspecified atom stereocenters. The minimum absolute atomic E-state index is 0.263. The van der Waals surface area contributed by atoms with Gasteiger partial charge in [-0.2, -0.15) is 10.1 Å². The van der Waals surface area contributed by atoms with Gasteiger partial charge in [0.2, 0.25) is 0 Å². The van der Waals surface area contributed by atoms with E-state index in [-0.39, 0.29) is 5.91 Å². The van der Waals surface area contributed by atoms with E-state index >= 15 is 0 Å². The van der Waals surface area contributed by atoms with Crippen LogP contribution >= 0.6 is 11.3 Å². The standard InChI is InChI=1S/C10H12N4OS/c1-7-6-8(14(3)12-7)9(15)11-10-13(2)4-5-16-10/h4-6H,1-3H3. The van der Waals surface area contributed by atoms with E-state index in [1.807, 2.05) is 30.1 Å². The highest BCUT2D eigenvalue weighted by molar-refractivity contribution is 7.07. The van der Waals surface area contributed by atoms with Crippen LogP contribution in [0.25, 0.3) is 0 Å². The summed E-state index contributed by atoms with van der Waals surface area (Å²) in [7, 11) is 3.60. The summed E-state index contributed by atoms with van der Waals surface area (Å²) in [4.78, 5) is 16.6. The van der Waals surface area contributed by atoms with Crippen LogP contribution in [0.5, 0.6) is 0 Å². The number of hydrogen-bond donors (Lipinski definition) is 0. The van der Waals surface area contributed by atoms with E-state index in [9.17, 15) is 4.79 Å². The van der Waals surface area contributed by atoms with Crippen LogP contribution in [0.4, 0.5) is 0 Å². The summed E-state index contributed by atoms with van der Waals surface area (Å²) in [6.45, 7) is 1.85. The molecule has 16 heavy (non-hydrogen) atoms. The second kappa shape index (κ2) is 4.05. The molecular weight excluding hydrogens is 224 g/mol. The topological polar surface area (TPSA) is 52.2 Å². The van der Waals surface area contributed by atoms with Gasteiger partial charge in [0, 0.05) is 25.7 Å². The molecule has 5 nitrogen and oxygen atoms in total. The van der Waals surface area contributed by atoms with Crippen molar-refractivity contribution >= 4 is 17.2 Å². The maximum absolute atomic E-state index is 11.9. The second-order valence-corrected chi connectivity index (χ2v) is 4.38. The van der Waals surface area contributed by atoms with E-state index in [2.05, 4.69) is 10.1 Å². The zero-order valence-electron chi connectivity index (χ0n) is 9.34. The van der Waals surface area contributed by atoms with Crippen molar-refractivity contribution in [3.63, 3.8) is 0 Å². The summed E-state index contributed by atoms with van der Waals surface area (Å²) in [6.07, 6.45) is 1.87. The molecule has 0 saturated heterocycles. The van der Waals surface area contributed by atoms with Gasteiger partial charge in [-0.15, -0.1) is 11.3 Å². The maximum atomic E-state index is 11.9. The minimum Gasteiger partial charge on any atom is -0.327 e. The van der Waals surface area contributed by atoms with Gasteiger partial charge in [-0.3, -0.25) is 9.48 Å². The van der Waals surface area contributed by atoms with Gasteiger partial charge < -0.3 is 4.57 Å². The predicted octanol–water partition coefficient (Wildman–Crippen LogP) is 0.870. The van der Waals surface area contributed by atoms with Crippen molar-refractivity contribution in [3.05, 3.63) is 33.8 Å². The van der Waals surface area contributed by atoms with Crippen molar-refractivity contribution in [2.75, 3.05) is 0 Å². The number of hydrogen-bond acceptors (Lipinski definition) is 3. The van der Waals surface area contributed by atoms with Crippen LogP contribution in [-0.2, 0) is 14.1 Å². The molecule has 0 bridgehead atoms. The molecule has 0 aliphatic heterocycles. The third kappa shape index (κ3) is 1.96. The van der Waals surface area contributed by atoms with Crippen molar-refractivity contribution in [2.45, 2.75) is 6.92 Å². The lowest BCUT2D eigenvalue weighted by molar-refractivity contribution is 0.0989. The number of nitrogens with zero attached hydrogens (tertiary/aromatic N) is 4. The van der Waals surface area contributed by atoms with Crippen LogP contribution in [0.15, 0.2) is 22.6 Å². The van der Waals surface area contributed by atoms with Crippen molar-refractivity contribution < 1.29 is 4.79 Å². The Morgan fingerprint density at radius 3 is 2.75 bits per heavy atom. The zero-order chi connectivity index (χ0) is 11.7. The molecule has 0 N–H and O–H groups in total. The van der Waals surface area contributed by atoms with Crippen LogP contribution in [0.1, 0.15) is 16.2 Å². The van der Waals surface area contributed by atoms with Crippen molar-refractivity contribution in [1.82, 2.24) is 14.3 Å². The Kier molecular flexibility index (Phi) is 2.74. The number of rotatable bonds is 1. The van der Waals surface area contributed by atoms with E-state index in [0.29, 0.717) is 10.5 Å². The molecule has 2 aromatic heterocycles. The lowest BCUT2D eigenvalue weighted by Crippen LogP contribution is -2.14. The SMILES string of the molecule is Cc1cc(C(=O)N=c2sccn2C)n(C)n1.